The van der Waals surface area contributed by atoms with Crippen molar-refractivity contribution in [3.05, 3.63) is 59.9 Å². The molecule has 2 aromatic carbocycles. The molecule has 2 aromatic rings. The van der Waals surface area contributed by atoms with Crippen LogP contribution < -0.4 is 9.64 Å². The van der Waals surface area contributed by atoms with Gasteiger partial charge in [-0.1, -0.05) is 32.0 Å². The highest BCUT2D eigenvalue weighted by molar-refractivity contribution is 5.46. The summed E-state index contributed by atoms with van der Waals surface area (Å²) in [5, 5.41) is 10.4. The van der Waals surface area contributed by atoms with Gasteiger partial charge >= 0.3 is 0 Å². The van der Waals surface area contributed by atoms with E-state index in [1.165, 1.54) is 17.7 Å². The van der Waals surface area contributed by atoms with Crippen LogP contribution in [0.1, 0.15) is 31.7 Å². The Morgan fingerprint density at radius 2 is 1.71 bits per heavy atom. The molecule has 0 aromatic heterocycles. The molecule has 1 aliphatic heterocycles. The Hall–Kier alpha value is -2.11. The van der Waals surface area contributed by atoms with Crippen LogP contribution >= 0.6 is 0 Å². The summed E-state index contributed by atoms with van der Waals surface area (Å²) in [6.07, 6.45) is 0.531. The van der Waals surface area contributed by atoms with Crippen LogP contribution in [0.2, 0.25) is 0 Å². The minimum Gasteiger partial charge on any atom is -0.491 e. The van der Waals surface area contributed by atoms with Gasteiger partial charge in [0.2, 0.25) is 0 Å². The number of benzene rings is 2. The maximum atomic E-state index is 13.1. The highest BCUT2D eigenvalue weighted by Gasteiger charge is 2.20. The second-order valence-corrected chi connectivity index (χ2v) is 7.58. The van der Waals surface area contributed by atoms with Crippen LogP contribution in [0.25, 0.3) is 0 Å². The summed E-state index contributed by atoms with van der Waals surface area (Å²) in [6, 6.07) is 14.7. The van der Waals surface area contributed by atoms with Crippen molar-refractivity contribution in [2.45, 2.75) is 32.3 Å². The van der Waals surface area contributed by atoms with E-state index in [-0.39, 0.29) is 5.82 Å². The molecule has 28 heavy (non-hydrogen) atoms. The van der Waals surface area contributed by atoms with Crippen LogP contribution in [-0.4, -0.2) is 55.4 Å². The number of aliphatic hydroxyl groups is 1. The van der Waals surface area contributed by atoms with E-state index in [4.69, 9.17) is 4.74 Å². The van der Waals surface area contributed by atoms with Gasteiger partial charge in [0.1, 0.15) is 24.3 Å². The highest BCUT2D eigenvalue weighted by Crippen LogP contribution is 2.28. The standard InChI is InChI=1S/C23H31FN2O2/c1-3-18(2)22-6-4-5-7-23(22)28-17-21(27)16-25-12-14-26(15-13-25)20-10-8-19(24)9-11-20/h4-11,18,21,27H,3,12-17H2,1-2H3/t18-,21-/m0/s1. The molecule has 1 aliphatic rings. The maximum absolute atomic E-state index is 13.1. The lowest BCUT2D eigenvalue weighted by atomic mass is 9.98. The Labute approximate surface area is 167 Å². The van der Waals surface area contributed by atoms with Crippen molar-refractivity contribution in [1.82, 2.24) is 4.90 Å². The molecule has 0 radical (unpaired) electrons. The molecule has 0 unspecified atom stereocenters. The highest BCUT2D eigenvalue weighted by atomic mass is 19.1. The second-order valence-electron chi connectivity index (χ2n) is 7.58. The van der Waals surface area contributed by atoms with E-state index in [0.29, 0.717) is 19.1 Å². The number of hydrogen-bond acceptors (Lipinski definition) is 4. The first kappa shape index (κ1) is 20.6. The molecule has 0 amide bonds. The third-order valence-electron chi connectivity index (χ3n) is 5.53. The Morgan fingerprint density at radius 1 is 1.04 bits per heavy atom. The molecular weight excluding hydrogens is 355 g/mol. The first-order valence-electron chi connectivity index (χ1n) is 10.2. The van der Waals surface area contributed by atoms with Crippen molar-refractivity contribution >= 4 is 5.69 Å². The zero-order chi connectivity index (χ0) is 19.9. The summed E-state index contributed by atoms with van der Waals surface area (Å²) in [7, 11) is 0. The first-order chi connectivity index (χ1) is 13.6. The number of halogens is 1. The summed E-state index contributed by atoms with van der Waals surface area (Å²) in [6.45, 7) is 8.75. The number of piperazine rings is 1. The fraction of sp³-hybridized carbons (Fsp3) is 0.478. The average molecular weight is 387 g/mol. The largest absolute Gasteiger partial charge is 0.491 e. The Morgan fingerprint density at radius 3 is 2.39 bits per heavy atom. The van der Waals surface area contributed by atoms with Gasteiger partial charge in [0.05, 0.1) is 0 Å². The maximum Gasteiger partial charge on any atom is 0.123 e. The first-order valence-corrected chi connectivity index (χ1v) is 10.2. The zero-order valence-electron chi connectivity index (χ0n) is 16.9. The smallest absolute Gasteiger partial charge is 0.123 e. The third-order valence-corrected chi connectivity index (χ3v) is 5.53. The van der Waals surface area contributed by atoms with E-state index in [1.54, 1.807) is 0 Å². The van der Waals surface area contributed by atoms with E-state index in [1.807, 2.05) is 30.3 Å². The van der Waals surface area contributed by atoms with Gasteiger partial charge in [-0.15, -0.1) is 0 Å². The molecule has 2 atom stereocenters. The Kier molecular flexibility index (Phi) is 7.29. The van der Waals surface area contributed by atoms with Crippen LogP contribution in [0, 0.1) is 5.82 Å². The fourth-order valence-electron chi connectivity index (χ4n) is 3.62. The van der Waals surface area contributed by atoms with Gasteiger partial charge in [-0.3, -0.25) is 4.90 Å². The number of anilines is 1. The Balaban J connectivity index is 1.45. The molecule has 0 aliphatic carbocycles. The van der Waals surface area contributed by atoms with Crippen LogP contribution in [-0.2, 0) is 0 Å². The summed E-state index contributed by atoms with van der Waals surface area (Å²) in [5.74, 6) is 1.10. The van der Waals surface area contributed by atoms with Crippen molar-refractivity contribution in [2.24, 2.45) is 0 Å². The molecule has 1 N–H and O–H groups in total. The number of para-hydroxylation sites is 1. The number of ether oxygens (including phenoxy) is 1. The van der Waals surface area contributed by atoms with Gasteiger partial charge in [0.15, 0.2) is 0 Å². The molecule has 1 saturated heterocycles. The molecule has 0 bridgehead atoms. The number of aliphatic hydroxyl groups excluding tert-OH is 1. The molecule has 1 heterocycles. The fourth-order valence-corrected chi connectivity index (χ4v) is 3.62. The molecular formula is C23H31FN2O2. The molecule has 152 valence electrons. The number of rotatable bonds is 8. The van der Waals surface area contributed by atoms with Gasteiger partial charge in [-0.2, -0.15) is 0 Å². The SMILES string of the molecule is CC[C@H](C)c1ccccc1OC[C@@H](O)CN1CCN(c2ccc(F)cc2)CC1. The van der Waals surface area contributed by atoms with Crippen molar-refractivity contribution in [1.29, 1.82) is 0 Å². The predicted molar refractivity (Wildman–Crippen MR) is 112 cm³/mol. The molecule has 0 saturated carbocycles. The number of β-amino-alcohol motifs (C(OH)–C–C–N with tert-alkyl or cyclic N) is 1. The van der Waals surface area contributed by atoms with E-state index in [2.05, 4.69) is 29.7 Å². The topological polar surface area (TPSA) is 35.9 Å². The van der Waals surface area contributed by atoms with Gasteiger partial charge in [-0.05, 0) is 48.2 Å². The minimum atomic E-state index is -0.526. The Bertz CT molecular complexity index is 730. The molecule has 4 nitrogen and oxygen atoms in total. The molecule has 3 rings (SSSR count). The third kappa shape index (κ3) is 5.46. The van der Waals surface area contributed by atoms with Crippen LogP contribution in [0.3, 0.4) is 0 Å². The predicted octanol–water partition coefficient (Wildman–Crippen LogP) is 3.90. The van der Waals surface area contributed by atoms with Gasteiger partial charge in [-0.25, -0.2) is 4.39 Å². The van der Waals surface area contributed by atoms with E-state index in [0.717, 1.165) is 44.0 Å². The van der Waals surface area contributed by atoms with Crippen LogP contribution in [0.15, 0.2) is 48.5 Å². The average Bonchev–Trinajstić information content (AvgIpc) is 2.73. The van der Waals surface area contributed by atoms with Gasteiger partial charge in [0, 0.05) is 38.4 Å². The van der Waals surface area contributed by atoms with Crippen molar-refractivity contribution < 1.29 is 14.2 Å². The number of nitrogens with zero attached hydrogens (tertiary/aromatic N) is 2. The van der Waals surface area contributed by atoms with Crippen LogP contribution in [0.5, 0.6) is 5.75 Å². The van der Waals surface area contributed by atoms with Crippen molar-refractivity contribution in [3.8, 4) is 5.75 Å². The van der Waals surface area contributed by atoms with E-state index < -0.39 is 6.10 Å². The van der Waals surface area contributed by atoms with Crippen molar-refractivity contribution in [2.75, 3.05) is 44.2 Å². The molecule has 5 heteroatoms. The summed E-state index contributed by atoms with van der Waals surface area (Å²) in [4.78, 5) is 4.51. The normalized spacial score (nSPS) is 17.4. The van der Waals surface area contributed by atoms with E-state index >= 15 is 0 Å². The monoisotopic (exact) mass is 386 g/mol. The van der Waals surface area contributed by atoms with Gasteiger partial charge < -0.3 is 14.7 Å². The summed E-state index contributed by atoms with van der Waals surface area (Å²) >= 11 is 0. The lowest BCUT2D eigenvalue weighted by molar-refractivity contribution is 0.0658. The quantitative estimate of drug-likeness (QED) is 0.746. The minimum absolute atomic E-state index is 0.208. The molecule has 0 spiro atoms. The lowest BCUT2D eigenvalue weighted by Crippen LogP contribution is -2.49. The second kappa shape index (κ2) is 9.89. The van der Waals surface area contributed by atoms with Crippen molar-refractivity contribution in [3.63, 3.8) is 0 Å². The van der Waals surface area contributed by atoms with E-state index in [9.17, 15) is 9.50 Å². The lowest BCUT2D eigenvalue weighted by Gasteiger charge is -2.36. The zero-order valence-corrected chi connectivity index (χ0v) is 16.9. The molecule has 1 fully saturated rings. The summed E-state index contributed by atoms with van der Waals surface area (Å²) in [5.41, 5.74) is 2.25. The number of hydrogen-bond donors (Lipinski definition) is 1. The summed E-state index contributed by atoms with van der Waals surface area (Å²) < 4.78 is 19.0. The van der Waals surface area contributed by atoms with Gasteiger partial charge in [0.25, 0.3) is 0 Å². The van der Waals surface area contributed by atoms with Crippen LogP contribution in [0.4, 0.5) is 10.1 Å².